The van der Waals surface area contributed by atoms with Gasteiger partial charge in [-0.3, -0.25) is 0 Å². The van der Waals surface area contributed by atoms with Crippen molar-refractivity contribution in [1.29, 1.82) is 5.26 Å². The standard InChI is InChI=1S/C32H38N2S/c1-4-18-35-30-25(20-33)28(21-10-6-5-7-11-21)24-19-27-23-14-13-22-12-8-9-16-31(22,2)26(23)15-17-32(27,3)29(24)34-30/h4-7,10-11,22-23,26-27H,1,8-9,12-19H2,2-3H3/t22-,23+,26+,27-,31-,32-/m0/s1. The number of nitriles is 1. The van der Waals surface area contributed by atoms with Gasteiger partial charge < -0.3 is 0 Å². The summed E-state index contributed by atoms with van der Waals surface area (Å²) in [5.74, 6) is 4.02. The smallest absolute Gasteiger partial charge is 0.115 e. The molecule has 1 aromatic carbocycles. The lowest BCUT2D eigenvalue weighted by Gasteiger charge is -2.59. The van der Waals surface area contributed by atoms with Crippen molar-refractivity contribution >= 4 is 11.8 Å². The molecule has 3 heteroatoms. The van der Waals surface area contributed by atoms with Crippen LogP contribution in [0.2, 0.25) is 0 Å². The molecule has 6 rings (SSSR count). The molecule has 2 aromatic rings. The van der Waals surface area contributed by atoms with Gasteiger partial charge in [-0.1, -0.05) is 63.1 Å². The first-order valence-electron chi connectivity index (χ1n) is 13.8. The van der Waals surface area contributed by atoms with Gasteiger partial charge in [0, 0.05) is 16.7 Å². The van der Waals surface area contributed by atoms with E-state index in [4.69, 9.17) is 4.98 Å². The highest BCUT2D eigenvalue weighted by molar-refractivity contribution is 7.99. The van der Waals surface area contributed by atoms with E-state index in [0.717, 1.165) is 46.1 Å². The maximum Gasteiger partial charge on any atom is 0.115 e. The molecule has 0 unspecified atom stereocenters. The van der Waals surface area contributed by atoms with Crippen molar-refractivity contribution in [3.63, 3.8) is 0 Å². The van der Waals surface area contributed by atoms with Crippen LogP contribution in [0.5, 0.6) is 0 Å². The van der Waals surface area contributed by atoms with Gasteiger partial charge in [0.25, 0.3) is 0 Å². The van der Waals surface area contributed by atoms with Gasteiger partial charge in [0.15, 0.2) is 0 Å². The van der Waals surface area contributed by atoms with Crippen LogP contribution in [0.25, 0.3) is 11.1 Å². The van der Waals surface area contributed by atoms with Crippen LogP contribution in [0.1, 0.15) is 82.0 Å². The molecule has 4 aliphatic rings. The topological polar surface area (TPSA) is 36.7 Å². The molecule has 0 saturated heterocycles. The minimum atomic E-state index is 0.120. The lowest BCUT2D eigenvalue weighted by Crippen LogP contribution is -2.53. The third-order valence-corrected chi connectivity index (χ3v) is 11.7. The fourth-order valence-corrected chi connectivity index (χ4v) is 9.77. The van der Waals surface area contributed by atoms with Crippen LogP contribution in [-0.4, -0.2) is 10.7 Å². The Bertz CT molecular complexity index is 1180. The Balaban J connectivity index is 1.48. The van der Waals surface area contributed by atoms with Crippen molar-refractivity contribution in [2.24, 2.45) is 29.1 Å². The molecule has 0 amide bonds. The number of benzene rings is 1. The summed E-state index contributed by atoms with van der Waals surface area (Å²) in [6.07, 6.45) is 14.2. The Morgan fingerprint density at radius 2 is 1.91 bits per heavy atom. The highest BCUT2D eigenvalue weighted by Crippen LogP contribution is 2.66. The summed E-state index contributed by atoms with van der Waals surface area (Å²) in [4.78, 5) is 5.33. The molecule has 35 heavy (non-hydrogen) atoms. The van der Waals surface area contributed by atoms with E-state index in [1.807, 2.05) is 6.08 Å². The molecule has 3 fully saturated rings. The van der Waals surface area contributed by atoms with Crippen molar-refractivity contribution in [1.82, 2.24) is 4.98 Å². The van der Waals surface area contributed by atoms with Crippen molar-refractivity contribution in [2.75, 3.05) is 5.75 Å². The molecular weight excluding hydrogens is 444 g/mol. The molecule has 0 spiro atoms. The van der Waals surface area contributed by atoms with E-state index in [9.17, 15) is 5.26 Å². The lowest BCUT2D eigenvalue weighted by atomic mass is 9.45. The summed E-state index contributed by atoms with van der Waals surface area (Å²) < 4.78 is 0. The average Bonchev–Trinajstić information content (AvgIpc) is 3.18. The molecule has 3 saturated carbocycles. The zero-order chi connectivity index (χ0) is 24.2. The summed E-state index contributed by atoms with van der Waals surface area (Å²) in [6, 6.07) is 13.2. The fraction of sp³-hybridized carbons (Fsp3) is 0.562. The number of aromatic nitrogens is 1. The summed E-state index contributed by atoms with van der Waals surface area (Å²) in [6.45, 7) is 9.09. The molecule has 1 aromatic heterocycles. The maximum atomic E-state index is 10.3. The van der Waals surface area contributed by atoms with Crippen molar-refractivity contribution in [3.8, 4) is 17.2 Å². The average molecular weight is 483 g/mol. The van der Waals surface area contributed by atoms with Gasteiger partial charge in [-0.25, -0.2) is 4.98 Å². The van der Waals surface area contributed by atoms with Crippen LogP contribution in [0.15, 0.2) is 48.0 Å². The number of fused-ring (bicyclic) bond motifs is 7. The van der Waals surface area contributed by atoms with Gasteiger partial charge >= 0.3 is 0 Å². The number of pyridine rings is 1. The molecule has 4 aliphatic carbocycles. The van der Waals surface area contributed by atoms with Crippen molar-refractivity contribution in [3.05, 3.63) is 59.8 Å². The monoisotopic (exact) mass is 482 g/mol. The normalized spacial score (nSPS) is 35.2. The molecule has 2 nitrogen and oxygen atoms in total. The quantitative estimate of drug-likeness (QED) is 0.324. The van der Waals surface area contributed by atoms with E-state index in [2.05, 4.69) is 56.8 Å². The highest BCUT2D eigenvalue weighted by atomic mass is 32.2. The number of thioether (sulfide) groups is 1. The van der Waals surface area contributed by atoms with E-state index in [1.165, 1.54) is 68.2 Å². The minimum Gasteiger partial charge on any atom is -0.244 e. The first-order chi connectivity index (χ1) is 17.0. The van der Waals surface area contributed by atoms with E-state index in [1.54, 1.807) is 11.8 Å². The summed E-state index contributed by atoms with van der Waals surface area (Å²) in [7, 11) is 0. The molecular formula is C32H38N2S. The Morgan fingerprint density at radius 3 is 2.69 bits per heavy atom. The number of hydrogen-bond acceptors (Lipinski definition) is 3. The van der Waals surface area contributed by atoms with Crippen LogP contribution >= 0.6 is 11.8 Å². The van der Waals surface area contributed by atoms with E-state index >= 15 is 0 Å². The first-order valence-corrected chi connectivity index (χ1v) is 14.8. The van der Waals surface area contributed by atoms with Gasteiger partial charge in [0.05, 0.1) is 11.3 Å². The summed E-state index contributed by atoms with van der Waals surface area (Å²) >= 11 is 1.67. The summed E-state index contributed by atoms with van der Waals surface area (Å²) in [5.41, 5.74) is 6.44. The molecule has 0 N–H and O–H groups in total. The van der Waals surface area contributed by atoms with E-state index in [0.29, 0.717) is 11.3 Å². The molecule has 0 aliphatic heterocycles. The van der Waals surface area contributed by atoms with E-state index < -0.39 is 0 Å². The molecule has 0 bridgehead atoms. The molecule has 0 radical (unpaired) electrons. The Labute approximate surface area is 215 Å². The summed E-state index contributed by atoms with van der Waals surface area (Å²) in [5, 5.41) is 11.2. The van der Waals surface area contributed by atoms with Crippen LogP contribution in [0.3, 0.4) is 0 Å². The van der Waals surface area contributed by atoms with Crippen LogP contribution in [-0.2, 0) is 11.8 Å². The Morgan fingerprint density at radius 1 is 1.09 bits per heavy atom. The van der Waals surface area contributed by atoms with Gasteiger partial charge in [-0.05, 0) is 85.2 Å². The van der Waals surface area contributed by atoms with E-state index in [-0.39, 0.29) is 5.41 Å². The fourth-order valence-electron chi connectivity index (χ4n) is 9.05. The number of rotatable bonds is 4. The molecule has 6 atom stereocenters. The first kappa shape index (κ1) is 23.4. The van der Waals surface area contributed by atoms with Gasteiger partial charge in [-0.2, -0.15) is 5.26 Å². The molecule has 182 valence electrons. The third kappa shape index (κ3) is 3.46. The van der Waals surface area contributed by atoms with Gasteiger partial charge in [0.2, 0.25) is 0 Å². The van der Waals surface area contributed by atoms with Crippen LogP contribution in [0.4, 0.5) is 0 Å². The predicted octanol–water partition coefficient (Wildman–Crippen LogP) is 8.34. The zero-order valence-corrected chi connectivity index (χ0v) is 22.2. The van der Waals surface area contributed by atoms with Crippen LogP contribution in [0, 0.1) is 40.4 Å². The Kier molecular flexibility index (Phi) is 5.88. The second kappa shape index (κ2) is 8.81. The van der Waals surface area contributed by atoms with Crippen molar-refractivity contribution in [2.45, 2.75) is 82.1 Å². The highest BCUT2D eigenvalue weighted by Gasteiger charge is 2.59. The number of hydrogen-bond donors (Lipinski definition) is 0. The lowest BCUT2D eigenvalue weighted by molar-refractivity contribution is -0.0908. The SMILES string of the molecule is C=CCSc1nc2c(c(-c3ccccc3)c1C#N)C[C@H]1[C@@H]3CC[C@@H]4CCCC[C@]4(C)[C@@H]3CC[C@]21C. The van der Waals surface area contributed by atoms with Crippen molar-refractivity contribution < 1.29 is 0 Å². The maximum absolute atomic E-state index is 10.3. The predicted molar refractivity (Wildman–Crippen MR) is 145 cm³/mol. The minimum absolute atomic E-state index is 0.120. The second-order valence-electron chi connectivity index (χ2n) is 12.1. The van der Waals surface area contributed by atoms with Crippen LogP contribution < -0.4 is 0 Å². The van der Waals surface area contributed by atoms with Gasteiger partial charge in [0.1, 0.15) is 11.1 Å². The third-order valence-electron chi connectivity index (χ3n) is 10.7. The number of nitrogens with zero attached hydrogens (tertiary/aromatic N) is 2. The largest absolute Gasteiger partial charge is 0.244 e. The molecule has 1 heterocycles. The van der Waals surface area contributed by atoms with Gasteiger partial charge in [-0.15, -0.1) is 18.3 Å². The zero-order valence-electron chi connectivity index (χ0n) is 21.4. The Hall–Kier alpha value is -2.05. The second-order valence-corrected chi connectivity index (χ2v) is 13.1.